The number of aryl methyl sites for hydroxylation is 1. The fraction of sp³-hybridized carbons (Fsp3) is 0.333. The van der Waals surface area contributed by atoms with Crippen molar-refractivity contribution in [3.8, 4) is 11.4 Å². The topological polar surface area (TPSA) is 110 Å². The van der Waals surface area contributed by atoms with Crippen LogP contribution in [0.15, 0.2) is 15.7 Å². The van der Waals surface area contributed by atoms with E-state index in [0.29, 0.717) is 29.9 Å². The highest BCUT2D eigenvalue weighted by atomic mass is 16.5. The summed E-state index contributed by atoms with van der Waals surface area (Å²) in [7, 11) is 0. The lowest BCUT2D eigenvalue weighted by Gasteiger charge is -2.15. The molecule has 0 bridgehead atoms. The molecule has 104 valence electrons. The molecular formula is C12H12N4O4. The summed E-state index contributed by atoms with van der Waals surface area (Å²) >= 11 is 0. The number of carbonyl (C=O) groups is 1. The van der Waals surface area contributed by atoms with E-state index >= 15 is 0 Å². The molecule has 0 aromatic carbocycles. The number of fused-ring (bicyclic) bond motifs is 3. The molecule has 0 saturated carbocycles. The fourth-order valence-corrected chi connectivity index (χ4v) is 2.28. The first-order valence-corrected chi connectivity index (χ1v) is 6.21. The molecule has 2 aromatic rings. The first-order valence-electron chi connectivity index (χ1n) is 6.21. The van der Waals surface area contributed by atoms with E-state index in [9.17, 15) is 14.4 Å². The first kappa shape index (κ1) is 12.4. The summed E-state index contributed by atoms with van der Waals surface area (Å²) in [5, 5.41) is 4.14. The number of nitrogens with zero attached hydrogens (tertiary/aromatic N) is 2. The van der Waals surface area contributed by atoms with Gasteiger partial charge in [0.2, 0.25) is 0 Å². The van der Waals surface area contributed by atoms with E-state index < -0.39 is 17.2 Å². The van der Waals surface area contributed by atoms with Crippen molar-refractivity contribution in [1.29, 1.82) is 0 Å². The minimum absolute atomic E-state index is 0.163. The Morgan fingerprint density at radius 3 is 3.00 bits per heavy atom. The lowest BCUT2D eigenvalue weighted by molar-refractivity contribution is 0.0518. The van der Waals surface area contributed by atoms with Crippen LogP contribution < -0.4 is 11.2 Å². The predicted molar refractivity (Wildman–Crippen MR) is 68.6 cm³/mol. The molecule has 2 aromatic heterocycles. The molecule has 0 radical (unpaired) electrons. The zero-order valence-electron chi connectivity index (χ0n) is 10.7. The Bertz CT molecular complexity index is 799. The average molecular weight is 276 g/mol. The normalized spacial score (nSPS) is 12.7. The number of aromatic amines is 2. The summed E-state index contributed by atoms with van der Waals surface area (Å²) < 4.78 is 6.47. The van der Waals surface area contributed by atoms with E-state index in [0.717, 1.165) is 0 Å². The number of carbonyl (C=O) groups excluding carboxylic acids is 1. The number of H-pyrrole nitrogens is 2. The van der Waals surface area contributed by atoms with Crippen LogP contribution in [-0.2, 0) is 17.7 Å². The number of aromatic nitrogens is 4. The summed E-state index contributed by atoms with van der Waals surface area (Å²) in [6.07, 6.45) is 0.443. The van der Waals surface area contributed by atoms with Gasteiger partial charge in [-0.2, -0.15) is 5.10 Å². The van der Waals surface area contributed by atoms with Gasteiger partial charge < -0.3 is 9.72 Å². The van der Waals surface area contributed by atoms with Crippen LogP contribution >= 0.6 is 0 Å². The average Bonchev–Trinajstić information content (AvgIpc) is 2.83. The number of hydrogen-bond donors (Lipinski definition) is 2. The number of rotatable bonds is 2. The van der Waals surface area contributed by atoms with E-state index in [-0.39, 0.29) is 12.3 Å². The number of nitrogens with one attached hydrogen (secondary N) is 2. The van der Waals surface area contributed by atoms with Crippen molar-refractivity contribution < 1.29 is 9.53 Å². The van der Waals surface area contributed by atoms with Crippen LogP contribution in [0, 0.1) is 0 Å². The van der Waals surface area contributed by atoms with Gasteiger partial charge in [0.25, 0.3) is 5.56 Å². The predicted octanol–water partition coefficient (Wildman–Crippen LogP) is -0.340. The molecule has 8 nitrogen and oxygen atoms in total. The van der Waals surface area contributed by atoms with Crippen LogP contribution in [0.2, 0.25) is 0 Å². The van der Waals surface area contributed by atoms with Crippen LogP contribution in [-0.4, -0.2) is 32.3 Å². The highest BCUT2D eigenvalue weighted by molar-refractivity contribution is 5.88. The summed E-state index contributed by atoms with van der Waals surface area (Å²) in [4.78, 5) is 39.6. The van der Waals surface area contributed by atoms with Gasteiger partial charge in [-0.3, -0.25) is 14.5 Å². The number of hydrogen-bond acceptors (Lipinski definition) is 5. The Hall–Kier alpha value is -2.64. The molecule has 20 heavy (non-hydrogen) atoms. The highest BCUT2D eigenvalue weighted by Gasteiger charge is 2.24. The summed E-state index contributed by atoms with van der Waals surface area (Å²) in [5.41, 5.74) is 0.615. The molecule has 3 rings (SSSR count). The minimum atomic E-state index is -0.582. The van der Waals surface area contributed by atoms with E-state index in [1.807, 2.05) is 0 Å². The third-order valence-electron chi connectivity index (χ3n) is 3.14. The van der Waals surface area contributed by atoms with Gasteiger partial charge in [-0.1, -0.05) is 0 Å². The molecule has 0 saturated heterocycles. The van der Waals surface area contributed by atoms with Crippen LogP contribution in [0.5, 0.6) is 0 Å². The van der Waals surface area contributed by atoms with Gasteiger partial charge >= 0.3 is 11.7 Å². The quantitative estimate of drug-likeness (QED) is 0.729. The van der Waals surface area contributed by atoms with E-state index in [2.05, 4.69) is 15.1 Å². The van der Waals surface area contributed by atoms with Gasteiger partial charge in [0.1, 0.15) is 0 Å². The third kappa shape index (κ3) is 1.85. The first-order chi connectivity index (χ1) is 9.60. The zero-order valence-corrected chi connectivity index (χ0v) is 10.7. The molecule has 0 spiro atoms. The molecule has 3 heterocycles. The molecule has 8 heteroatoms. The molecule has 1 aliphatic rings. The smallest absolute Gasteiger partial charge is 0.358 e. The maximum absolute atomic E-state index is 11.7. The molecule has 0 aliphatic carbocycles. The van der Waals surface area contributed by atoms with E-state index in [4.69, 9.17) is 4.74 Å². The highest BCUT2D eigenvalue weighted by Crippen LogP contribution is 2.25. The monoisotopic (exact) mass is 276 g/mol. The van der Waals surface area contributed by atoms with Gasteiger partial charge in [0, 0.05) is 18.2 Å². The van der Waals surface area contributed by atoms with Gasteiger partial charge in [0.05, 0.1) is 18.0 Å². The third-order valence-corrected chi connectivity index (χ3v) is 3.14. The van der Waals surface area contributed by atoms with Crippen molar-refractivity contribution in [3.05, 3.63) is 38.2 Å². The molecule has 0 atom stereocenters. The number of ether oxygens (including phenoxy) is 1. The second-order valence-corrected chi connectivity index (χ2v) is 4.37. The summed E-state index contributed by atoms with van der Waals surface area (Å²) in [6, 6.07) is 1.52. The number of esters is 1. The molecule has 0 amide bonds. The Morgan fingerprint density at radius 1 is 1.45 bits per heavy atom. The SMILES string of the molecule is CCOC(=O)c1cc2n(n1)CCc1c-2[nH]c(=O)[nH]c1=O. The van der Waals surface area contributed by atoms with Gasteiger partial charge in [-0.05, 0) is 13.3 Å². The second-order valence-electron chi connectivity index (χ2n) is 4.37. The van der Waals surface area contributed by atoms with Gasteiger partial charge in [0.15, 0.2) is 5.69 Å². The summed E-state index contributed by atoms with van der Waals surface area (Å²) in [5.74, 6) is -0.525. The zero-order chi connectivity index (χ0) is 14.3. The maximum Gasteiger partial charge on any atom is 0.358 e. The van der Waals surface area contributed by atoms with Gasteiger partial charge in [-0.25, -0.2) is 9.59 Å². The van der Waals surface area contributed by atoms with Crippen LogP contribution in [0.25, 0.3) is 11.4 Å². The standard InChI is InChI=1S/C12H12N4O4/c1-2-20-11(18)7-5-8-9-6(3-4-16(8)15-7)10(17)14-12(19)13-9/h5H,2-4H2,1H3,(H2,13,14,17,19). The molecule has 0 unspecified atom stereocenters. The molecule has 2 N–H and O–H groups in total. The van der Waals surface area contributed by atoms with Crippen molar-refractivity contribution in [2.24, 2.45) is 0 Å². The lowest BCUT2D eigenvalue weighted by atomic mass is 10.1. The van der Waals surface area contributed by atoms with Crippen LogP contribution in [0.1, 0.15) is 23.0 Å². The van der Waals surface area contributed by atoms with Crippen molar-refractivity contribution in [1.82, 2.24) is 19.7 Å². The minimum Gasteiger partial charge on any atom is -0.461 e. The van der Waals surface area contributed by atoms with Gasteiger partial charge in [-0.15, -0.1) is 0 Å². The lowest BCUT2D eigenvalue weighted by Crippen LogP contribution is -2.30. The van der Waals surface area contributed by atoms with Crippen molar-refractivity contribution in [3.63, 3.8) is 0 Å². The Morgan fingerprint density at radius 2 is 2.25 bits per heavy atom. The molecule has 0 fully saturated rings. The fourth-order valence-electron chi connectivity index (χ4n) is 2.28. The Labute approximate surface area is 112 Å². The summed E-state index contributed by atoms with van der Waals surface area (Å²) in [6.45, 7) is 2.44. The molecule has 1 aliphatic heterocycles. The van der Waals surface area contributed by atoms with Crippen molar-refractivity contribution in [2.45, 2.75) is 19.9 Å². The second kappa shape index (κ2) is 4.48. The Kier molecular flexibility index (Phi) is 2.78. The van der Waals surface area contributed by atoms with E-state index in [1.54, 1.807) is 11.6 Å². The van der Waals surface area contributed by atoms with Crippen molar-refractivity contribution >= 4 is 5.97 Å². The maximum atomic E-state index is 11.7. The largest absolute Gasteiger partial charge is 0.461 e. The van der Waals surface area contributed by atoms with Crippen LogP contribution in [0.3, 0.4) is 0 Å². The van der Waals surface area contributed by atoms with Crippen molar-refractivity contribution in [2.75, 3.05) is 6.61 Å². The van der Waals surface area contributed by atoms with Crippen LogP contribution in [0.4, 0.5) is 0 Å². The Balaban J connectivity index is 2.15. The van der Waals surface area contributed by atoms with E-state index in [1.165, 1.54) is 6.07 Å². The molecular weight excluding hydrogens is 264 g/mol.